The molecule has 0 bridgehead atoms. The van der Waals surface area contributed by atoms with Gasteiger partial charge in [-0.1, -0.05) is 41.5 Å². The molecule has 0 fully saturated rings. The number of rotatable bonds is 12. The second kappa shape index (κ2) is 26.5. The van der Waals surface area contributed by atoms with Crippen molar-refractivity contribution in [2.45, 2.75) is 93.9 Å². The first-order valence-electron chi connectivity index (χ1n) is 11.5. The quantitative estimate of drug-likeness (QED) is 0.300. The first-order valence-corrected chi connectivity index (χ1v) is 11.5. The maximum absolute atomic E-state index is 10.8. The van der Waals surface area contributed by atoms with E-state index in [9.17, 15) is 28.8 Å². The average Bonchev–Trinajstić information content (AvgIpc) is 2.69. The number of carbonyl (C=O) groups excluding carboxylic acids is 4. The fourth-order valence-corrected chi connectivity index (χ4v) is 1.48. The molecule has 34 heavy (non-hydrogen) atoms. The lowest BCUT2D eigenvalue weighted by Gasteiger charge is -1.98. The molecule has 0 atom stereocenters. The lowest BCUT2D eigenvalue weighted by Crippen LogP contribution is -2.10. The van der Waals surface area contributed by atoms with E-state index in [1.165, 1.54) is 0 Å². The van der Waals surface area contributed by atoms with Gasteiger partial charge in [-0.05, 0) is 26.7 Å². The Labute approximate surface area is 203 Å². The normalized spacial score (nSPS) is 9.24. The first kappa shape index (κ1) is 38.5. The van der Waals surface area contributed by atoms with Crippen LogP contribution in [0.25, 0.3) is 0 Å². The molecular formula is C24H44O10. The van der Waals surface area contributed by atoms with E-state index >= 15 is 0 Å². The predicted octanol–water partition coefficient (Wildman–Crippen LogP) is 4.07. The van der Waals surface area contributed by atoms with Gasteiger partial charge in [0, 0.05) is 12.8 Å². The number of carboxylic acids is 2. The van der Waals surface area contributed by atoms with Crippen molar-refractivity contribution in [1.82, 2.24) is 0 Å². The molecule has 0 spiro atoms. The van der Waals surface area contributed by atoms with E-state index < -0.39 is 23.9 Å². The summed E-state index contributed by atoms with van der Waals surface area (Å²) in [7, 11) is 0. The van der Waals surface area contributed by atoms with E-state index in [4.69, 9.17) is 10.2 Å². The van der Waals surface area contributed by atoms with E-state index in [0.717, 1.165) is 12.8 Å². The number of carbonyl (C=O) groups is 6. The second-order valence-electron chi connectivity index (χ2n) is 7.53. The molecule has 0 saturated carbocycles. The maximum atomic E-state index is 10.8. The van der Waals surface area contributed by atoms with Gasteiger partial charge >= 0.3 is 23.9 Å². The third kappa shape index (κ3) is 36.6. The van der Waals surface area contributed by atoms with E-state index in [1.54, 1.807) is 41.5 Å². The van der Waals surface area contributed by atoms with E-state index in [1.807, 2.05) is 13.8 Å². The van der Waals surface area contributed by atoms with Crippen LogP contribution in [0.15, 0.2) is 0 Å². The first-order chi connectivity index (χ1) is 15.7. The number of hydrogen-bond donors (Lipinski definition) is 2. The summed E-state index contributed by atoms with van der Waals surface area (Å²) in [5, 5.41) is 16.0. The topological polar surface area (TPSA) is 161 Å². The molecule has 0 heterocycles. The van der Waals surface area contributed by atoms with Crippen molar-refractivity contribution in [3.8, 4) is 0 Å². The zero-order valence-corrected chi connectivity index (χ0v) is 22.0. The van der Waals surface area contributed by atoms with E-state index in [-0.39, 0.29) is 36.2 Å². The number of hydrogen-bond acceptors (Lipinski definition) is 8. The van der Waals surface area contributed by atoms with Crippen LogP contribution in [-0.4, -0.2) is 58.9 Å². The Kier molecular flexibility index (Phi) is 30.0. The minimum atomic E-state index is -0.741. The lowest BCUT2D eigenvalue weighted by atomic mass is 10.2. The van der Waals surface area contributed by atoms with Gasteiger partial charge < -0.3 is 19.7 Å². The molecule has 10 heteroatoms. The van der Waals surface area contributed by atoms with Crippen LogP contribution in [0.5, 0.6) is 0 Å². The van der Waals surface area contributed by atoms with Crippen molar-refractivity contribution < 1.29 is 48.5 Å². The maximum Gasteiger partial charge on any atom is 0.313 e. The highest BCUT2D eigenvalue weighted by atomic mass is 16.5. The standard InChI is InChI=1S/2C8H14O3.2C4H8O2/c2*1-3-5-7(9)6-8(10)11-4-2;2*1-3(2)4(5)6/h2*3-6H2,1-2H3;2*3H,1-2H3,(H,5,6). The summed E-state index contributed by atoms with van der Waals surface area (Å²) in [6.45, 7) is 14.5. The number of aliphatic carboxylic acids is 2. The van der Waals surface area contributed by atoms with Gasteiger partial charge in [0.15, 0.2) is 0 Å². The molecule has 0 aliphatic carbocycles. The van der Waals surface area contributed by atoms with Crippen molar-refractivity contribution in [1.29, 1.82) is 0 Å². The Morgan fingerprint density at radius 2 is 0.824 bits per heavy atom. The van der Waals surface area contributed by atoms with Crippen molar-refractivity contribution in [3.05, 3.63) is 0 Å². The number of Topliss-reactive ketones (excluding diaryl/α,β-unsaturated/α-hetero) is 2. The van der Waals surface area contributed by atoms with Crippen LogP contribution in [0, 0.1) is 11.8 Å². The zero-order valence-electron chi connectivity index (χ0n) is 22.0. The fraction of sp³-hybridized carbons (Fsp3) is 0.750. The zero-order chi connectivity index (χ0) is 27.7. The van der Waals surface area contributed by atoms with Crippen molar-refractivity contribution >= 4 is 35.4 Å². The summed E-state index contributed by atoms with van der Waals surface area (Å²) in [6, 6.07) is 0. The van der Waals surface area contributed by atoms with Crippen LogP contribution in [-0.2, 0) is 38.2 Å². The molecule has 10 nitrogen and oxygen atoms in total. The summed E-state index contributed by atoms with van der Waals surface area (Å²) in [4.78, 5) is 62.4. The molecule has 0 saturated heterocycles. The number of ketones is 2. The van der Waals surface area contributed by atoms with Crippen LogP contribution in [0.3, 0.4) is 0 Å². The summed E-state index contributed by atoms with van der Waals surface area (Å²) in [5.74, 6) is -2.84. The Morgan fingerprint density at radius 1 is 0.588 bits per heavy atom. The lowest BCUT2D eigenvalue weighted by molar-refractivity contribution is -0.147. The molecule has 0 radical (unpaired) electrons. The third-order valence-corrected chi connectivity index (χ3v) is 3.34. The number of ether oxygens (including phenoxy) is 2. The highest BCUT2D eigenvalue weighted by Gasteiger charge is 2.08. The molecule has 0 rings (SSSR count). The van der Waals surface area contributed by atoms with Gasteiger partial charge in [-0.3, -0.25) is 28.8 Å². The van der Waals surface area contributed by atoms with Crippen LogP contribution < -0.4 is 0 Å². The molecule has 0 aromatic carbocycles. The molecule has 0 aromatic rings. The van der Waals surface area contributed by atoms with Crippen LogP contribution in [0.4, 0.5) is 0 Å². The van der Waals surface area contributed by atoms with E-state index in [2.05, 4.69) is 9.47 Å². The second-order valence-corrected chi connectivity index (χ2v) is 7.53. The van der Waals surface area contributed by atoms with Crippen LogP contribution in [0.1, 0.15) is 93.9 Å². The number of carboxylic acid groups (broad SMARTS) is 2. The van der Waals surface area contributed by atoms with Gasteiger partial charge in [0.2, 0.25) is 0 Å². The third-order valence-electron chi connectivity index (χ3n) is 3.34. The molecular weight excluding hydrogens is 448 g/mol. The molecule has 0 aromatic heterocycles. The van der Waals surface area contributed by atoms with Gasteiger partial charge in [-0.15, -0.1) is 0 Å². The summed E-state index contributed by atoms with van der Waals surface area (Å²) >= 11 is 0. The van der Waals surface area contributed by atoms with E-state index in [0.29, 0.717) is 26.1 Å². The summed E-state index contributed by atoms with van der Waals surface area (Å²) < 4.78 is 9.20. The Bertz CT molecular complexity index is 511. The molecule has 0 aliphatic rings. The van der Waals surface area contributed by atoms with Gasteiger partial charge in [0.25, 0.3) is 0 Å². The fourth-order valence-electron chi connectivity index (χ4n) is 1.48. The SMILES string of the molecule is CC(C)C(=O)O.CC(C)C(=O)O.CCCC(=O)CC(=O)OCC.CCCC(=O)CC(=O)OCC. The van der Waals surface area contributed by atoms with Gasteiger partial charge in [-0.25, -0.2) is 0 Å². The van der Waals surface area contributed by atoms with Crippen LogP contribution in [0.2, 0.25) is 0 Å². The molecule has 0 aliphatic heterocycles. The molecule has 200 valence electrons. The van der Waals surface area contributed by atoms with Crippen molar-refractivity contribution in [2.24, 2.45) is 11.8 Å². The number of esters is 2. The van der Waals surface area contributed by atoms with Crippen LogP contribution >= 0.6 is 0 Å². The Morgan fingerprint density at radius 3 is 0.971 bits per heavy atom. The smallest absolute Gasteiger partial charge is 0.313 e. The van der Waals surface area contributed by atoms with Gasteiger partial charge in [0.1, 0.15) is 24.4 Å². The minimum Gasteiger partial charge on any atom is -0.481 e. The summed E-state index contributed by atoms with van der Waals surface area (Å²) in [5.41, 5.74) is 0. The molecule has 0 unspecified atom stereocenters. The summed E-state index contributed by atoms with van der Waals surface area (Å²) in [6.07, 6.45) is 2.39. The molecule has 0 amide bonds. The molecule has 2 N–H and O–H groups in total. The average molecular weight is 493 g/mol. The highest BCUT2D eigenvalue weighted by Crippen LogP contribution is 1.96. The van der Waals surface area contributed by atoms with Crippen molar-refractivity contribution in [3.63, 3.8) is 0 Å². The Balaban J connectivity index is -0.000000184. The van der Waals surface area contributed by atoms with Gasteiger partial charge in [-0.2, -0.15) is 0 Å². The predicted molar refractivity (Wildman–Crippen MR) is 127 cm³/mol. The van der Waals surface area contributed by atoms with Crippen molar-refractivity contribution in [2.75, 3.05) is 13.2 Å². The Hall–Kier alpha value is -2.78. The highest BCUT2D eigenvalue weighted by molar-refractivity contribution is 5.95. The largest absolute Gasteiger partial charge is 0.481 e. The monoisotopic (exact) mass is 492 g/mol. The minimum absolute atomic E-state index is 0.0362. The van der Waals surface area contributed by atoms with Gasteiger partial charge in [0.05, 0.1) is 25.0 Å².